The van der Waals surface area contributed by atoms with Crippen molar-refractivity contribution in [3.8, 4) is 0 Å². The Balaban J connectivity index is 0.000000274. The summed E-state index contributed by atoms with van der Waals surface area (Å²) in [6.45, 7) is 4.00. The Labute approximate surface area is 202 Å². The van der Waals surface area contributed by atoms with E-state index in [0.29, 0.717) is 17.5 Å². The second-order valence-corrected chi connectivity index (χ2v) is 8.71. The van der Waals surface area contributed by atoms with Gasteiger partial charge < -0.3 is 15.2 Å². The van der Waals surface area contributed by atoms with Crippen LogP contribution in [0, 0.1) is 0 Å². The topological polar surface area (TPSA) is 84.2 Å². The van der Waals surface area contributed by atoms with Crippen LogP contribution in [0.25, 0.3) is 10.9 Å². The predicted octanol–water partition coefficient (Wildman–Crippen LogP) is 6.83. The molecule has 2 fully saturated rings. The number of hydrogen-bond donors (Lipinski definition) is 2. The fourth-order valence-electron chi connectivity index (χ4n) is 4.70. The molecule has 0 spiro atoms. The summed E-state index contributed by atoms with van der Waals surface area (Å²) in [5.41, 5.74) is 2.84. The minimum Gasteiger partial charge on any atom is -0.356 e. The summed E-state index contributed by atoms with van der Waals surface area (Å²) in [6, 6.07) is 16.1. The zero-order valence-corrected chi connectivity index (χ0v) is 20.4. The van der Waals surface area contributed by atoms with E-state index in [1.165, 1.54) is 63.4 Å². The van der Waals surface area contributed by atoms with Gasteiger partial charge in [0.05, 0.1) is 5.39 Å². The van der Waals surface area contributed by atoms with Crippen molar-refractivity contribution < 1.29 is 14.1 Å². The van der Waals surface area contributed by atoms with Crippen LogP contribution in [-0.2, 0) is 4.79 Å². The lowest BCUT2D eigenvalue weighted by Gasteiger charge is -2.22. The summed E-state index contributed by atoms with van der Waals surface area (Å²) >= 11 is 0. The highest BCUT2D eigenvalue weighted by molar-refractivity contribution is 6.10. The Morgan fingerprint density at radius 1 is 0.912 bits per heavy atom. The molecular weight excluding hydrogens is 426 g/mol. The van der Waals surface area contributed by atoms with Crippen LogP contribution in [-0.4, -0.2) is 23.5 Å². The number of aromatic nitrogens is 1. The van der Waals surface area contributed by atoms with Gasteiger partial charge in [-0.2, -0.15) is 0 Å². The highest BCUT2D eigenvalue weighted by atomic mass is 16.5. The molecule has 2 aromatic carbocycles. The Morgan fingerprint density at radius 2 is 1.56 bits per heavy atom. The molecule has 6 nitrogen and oxygen atoms in total. The molecule has 34 heavy (non-hydrogen) atoms. The fourth-order valence-corrected chi connectivity index (χ4v) is 4.70. The van der Waals surface area contributed by atoms with Gasteiger partial charge in [-0.05, 0) is 61.4 Å². The monoisotopic (exact) mass is 463 g/mol. The average Bonchev–Trinajstić information content (AvgIpc) is 3.57. The van der Waals surface area contributed by atoms with Crippen LogP contribution in [0.5, 0.6) is 0 Å². The molecular formula is C28H37N3O3. The van der Waals surface area contributed by atoms with Crippen molar-refractivity contribution in [1.82, 2.24) is 10.5 Å². The molecule has 2 amide bonds. The van der Waals surface area contributed by atoms with Gasteiger partial charge in [0.25, 0.3) is 5.91 Å². The van der Waals surface area contributed by atoms with E-state index in [1.807, 2.05) is 50.2 Å². The van der Waals surface area contributed by atoms with Gasteiger partial charge in [-0.15, -0.1) is 0 Å². The van der Waals surface area contributed by atoms with Gasteiger partial charge >= 0.3 is 0 Å². The molecule has 2 saturated carbocycles. The quantitative estimate of drug-likeness (QED) is 0.406. The normalized spacial score (nSPS) is 16.1. The number of benzene rings is 2. The van der Waals surface area contributed by atoms with Gasteiger partial charge in [-0.25, -0.2) is 0 Å². The first-order valence-electron chi connectivity index (χ1n) is 12.7. The number of rotatable bonds is 5. The van der Waals surface area contributed by atoms with Crippen LogP contribution in [0.1, 0.15) is 93.7 Å². The molecule has 1 heterocycles. The van der Waals surface area contributed by atoms with Crippen molar-refractivity contribution in [3.05, 3.63) is 59.9 Å². The third-order valence-corrected chi connectivity index (χ3v) is 6.49. The maximum atomic E-state index is 12.4. The Hall–Kier alpha value is -3.15. The summed E-state index contributed by atoms with van der Waals surface area (Å²) in [4.78, 5) is 22.3. The summed E-state index contributed by atoms with van der Waals surface area (Å²) in [5.74, 6) is 0.651. The number of amides is 2. The molecule has 2 N–H and O–H groups in total. The van der Waals surface area contributed by atoms with Crippen molar-refractivity contribution in [1.29, 1.82) is 0 Å². The van der Waals surface area contributed by atoms with Gasteiger partial charge in [0.1, 0.15) is 5.52 Å². The van der Waals surface area contributed by atoms with Crippen LogP contribution in [0.15, 0.2) is 53.1 Å². The molecule has 0 aliphatic heterocycles. The van der Waals surface area contributed by atoms with E-state index in [9.17, 15) is 9.59 Å². The van der Waals surface area contributed by atoms with Gasteiger partial charge in [-0.1, -0.05) is 75.4 Å². The maximum Gasteiger partial charge on any atom is 0.294 e. The van der Waals surface area contributed by atoms with Gasteiger partial charge in [0.2, 0.25) is 12.2 Å². The first kappa shape index (κ1) is 25.5. The van der Waals surface area contributed by atoms with Crippen molar-refractivity contribution in [2.24, 2.45) is 0 Å². The van der Waals surface area contributed by atoms with E-state index in [1.54, 1.807) is 0 Å². The lowest BCUT2D eigenvalue weighted by atomic mass is 9.84. The largest absolute Gasteiger partial charge is 0.356 e. The lowest BCUT2D eigenvalue weighted by Crippen LogP contribution is -2.23. The number of nitrogens with one attached hydrogen (secondary N) is 2. The number of carbonyl (C=O) groups excluding carboxylic acids is 2. The van der Waals surface area contributed by atoms with Crippen LogP contribution in [0.4, 0.5) is 5.69 Å². The van der Waals surface area contributed by atoms with Crippen molar-refractivity contribution in [2.75, 3.05) is 5.32 Å². The number of fused-ring (bicyclic) bond motifs is 1. The number of carbonyl (C=O) groups is 2. The van der Waals surface area contributed by atoms with E-state index in [2.05, 4.69) is 27.9 Å². The summed E-state index contributed by atoms with van der Waals surface area (Å²) < 4.78 is 5.21. The molecule has 1 aromatic heterocycles. The molecule has 0 atom stereocenters. The molecule has 0 radical (unpaired) electrons. The third kappa shape index (κ3) is 6.92. The highest BCUT2D eigenvalue weighted by Gasteiger charge is 2.18. The number of hydrogen-bond acceptors (Lipinski definition) is 4. The van der Waals surface area contributed by atoms with Crippen LogP contribution < -0.4 is 10.6 Å². The smallest absolute Gasteiger partial charge is 0.294 e. The second-order valence-electron chi connectivity index (χ2n) is 8.71. The first-order chi connectivity index (χ1) is 16.7. The number of anilines is 1. The predicted molar refractivity (Wildman–Crippen MR) is 137 cm³/mol. The highest BCUT2D eigenvalue weighted by Crippen LogP contribution is 2.33. The van der Waals surface area contributed by atoms with E-state index in [4.69, 9.17) is 4.52 Å². The van der Waals surface area contributed by atoms with Gasteiger partial charge in [-0.3, -0.25) is 9.59 Å². The summed E-state index contributed by atoms with van der Waals surface area (Å²) in [6.07, 6.45) is 12.3. The molecule has 182 valence electrons. The molecule has 5 rings (SSSR count). The molecule has 0 bridgehead atoms. The van der Waals surface area contributed by atoms with Gasteiger partial charge in [0.15, 0.2) is 0 Å². The van der Waals surface area contributed by atoms with Crippen molar-refractivity contribution >= 4 is 28.9 Å². The lowest BCUT2D eigenvalue weighted by molar-refractivity contribution is -0.110. The van der Waals surface area contributed by atoms with E-state index in [0.717, 1.165) is 17.5 Å². The number of nitrogens with zero attached hydrogens (tertiary/aromatic N) is 1. The Kier molecular flexibility index (Phi) is 10.1. The Bertz CT molecular complexity index is 1020. The minimum atomic E-state index is -0.269. The molecule has 0 unspecified atom stereocenters. The SMILES string of the molecule is CC.O=C(Nc1ccc(C2CCCCC2)cc1)c1onc2ccccc12.O=CNC1CCCC1. The third-order valence-electron chi connectivity index (χ3n) is 6.49. The van der Waals surface area contributed by atoms with Crippen LogP contribution in [0.3, 0.4) is 0 Å². The van der Waals surface area contributed by atoms with Crippen LogP contribution in [0.2, 0.25) is 0 Å². The standard InChI is InChI=1S/C20H20N2O2.C6H11NO.C2H6/c23-20(19-17-8-4-5-9-18(17)22-24-19)21-16-12-10-15(11-13-16)14-6-2-1-3-7-14;8-5-7-6-3-1-2-4-6;1-2/h4-5,8-14H,1-3,6-7H2,(H,21,23);5-6H,1-4H2,(H,7,8);1-2H3. The average molecular weight is 464 g/mol. The van der Waals surface area contributed by atoms with Crippen molar-refractivity contribution in [2.45, 2.75) is 83.6 Å². The van der Waals surface area contributed by atoms with Crippen molar-refractivity contribution in [3.63, 3.8) is 0 Å². The van der Waals surface area contributed by atoms with E-state index in [-0.39, 0.29) is 11.7 Å². The second kappa shape index (κ2) is 13.5. The zero-order chi connectivity index (χ0) is 24.2. The summed E-state index contributed by atoms with van der Waals surface area (Å²) in [7, 11) is 0. The maximum absolute atomic E-state index is 12.4. The molecule has 3 aromatic rings. The summed E-state index contributed by atoms with van der Waals surface area (Å²) in [5, 5.41) is 10.3. The zero-order valence-electron chi connectivity index (χ0n) is 20.4. The Morgan fingerprint density at radius 3 is 2.24 bits per heavy atom. The molecule has 0 saturated heterocycles. The van der Waals surface area contributed by atoms with Gasteiger partial charge in [0, 0.05) is 11.7 Å². The van der Waals surface area contributed by atoms with E-state index >= 15 is 0 Å². The minimum absolute atomic E-state index is 0.252. The molecule has 2 aliphatic rings. The van der Waals surface area contributed by atoms with E-state index < -0.39 is 0 Å². The van der Waals surface area contributed by atoms with Crippen LogP contribution >= 0.6 is 0 Å². The molecule has 6 heteroatoms. The molecule has 2 aliphatic carbocycles. The fraction of sp³-hybridized carbons (Fsp3) is 0.464. The first-order valence-corrected chi connectivity index (χ1v) is 12.7.